The van der Waals surface area contributed by atoms with E-state index in [2.05, 4.69) is 10.2 Å². The maximum absolute atomic E-state index is 12.6. The van der Waals surface area contributed by atoms with E-state index >= 15 is 0 Å². The molecule has 30 heavy (non-hydrogen) atoms. The molecule has 1 saturated heterocycles. The van der Waals surface area contributed by atoms with Crippen molar-refractivity contribution in [2.75, 3.05) is 45.9 Å². The molecule has 0 spiro atoms. The topological polar surface area (TPSA) is 79.0 Å². The lowest BCUT2D eigenvalue weighted by molar-refractivity contribution is -0.123. The molecule has 1 amide bonds. The highest BCUT2D eigenvalue weighted by molar-refractivity contribution is 7.89. The predicted molar refractivity (Wildman–Crippen MR) is 119 cm³/mol. The van der Waals surface area contributed by atoms with Crippen molar-refractivity contribution in [1.29, 1.82) is 0 Å². The number of nitrogens with zero attached hydrogens (tertiary/aromatic N) is 2. The normalized spacial score (nSPS) is 15.2. The zero-order chi connectivity index (χ0) is 20.7. The van der Waals surface area contributed by atoms with Gasteiger partial charge in [0.2, 0.25) is 10.0 Å². The number of nitrogens with one attached hydrogen (secondary N) is 1. The van der Waals surface area contributed by atoms with Crippen LogP contribution in [0.4, 0.5) is 0 Å². The molecule has 0 atom stereocenters. The Labute approximate surface area is 188 Å². The Balaban J connectivity index is 0.00000320. The van der Waals surface area contributed by atoms with Crippen LogP contribution in [-0.2, 0) is 14.8 Å². The molecule has 0 aliphatic carbocycles. The summed E-state index contributed by atoms with van der Waals surface area (Å²) in [5, 5.41) is 3.43. The molecule has 7 nitrogen and oxygen atoms in total. The van der Waals surface area contributed by atoms with Crippen molar-refractivity contribution in [2.45, 2.75) is 4.90 Å². The van der Waals surface area contributed by atoms with Crippen molar-refractivity contribution in [3.05, 3.63) is 59.6 Å². The molecule has 0 radical (unpaired) electrons. The van der Waals surface area contributed by atoms with Gasteiger partial charge >= 0.3 is 0 Å². The van der Waals surface area contributed by atoms with E-state index in [0.29, 0.717) is 54.9 Å². The first-order valence-electron chi connectivity index (χ1n) is 9.38. The predicted octanol–water partition coefficient (Wildman–Crippen LogP) is 2.26. The lowest BCUT2D eigenvalue weighted by atomic mass is 10.3. The molecule has 10 heteroatoms. The molecule has 1 heterocycles. The van der Waals surface area contributed by atoms with E-state index in [1.165, 1.54) is 4.31 Å². The number of hydrogen-bond acceptors (Lipinski definition) is 5. The molecule has 164 valence electrons. The van der Waals surface area contributed by atoms with Crippen molar-refractivity contribution in [3.8, 4) is 5.75 Å². The molecular formula is C20H25Cl2N3O4S. The van der Waals surface area contributed by atoms with Gasteiger partial charge in [-0.2, -0.15) is 4.31 Å². The maximum atomic E-state index is 12.6. The summed E-state index contributed by atoms with van der Waals surface area (Å²) in [5.74, 6) is 0.380. The van der Waals surface area contributed by atoms with Crippen LogP contribution in [-0.4, -0.2) is 69.4 Å². The number of hydrogen-bond donors (Lipinski definition) is 1. The summed E-state index contributed by atoms with van der Waals surface area (Å²) < 4.78 is 32.2. The summed E-state index contributed by atoms with van der Waals surface area (Å²) in [7, 11) is -3.44. The quantitative estimate of drug-likeness (QED) is 0.635. The largest absolute Gasteiger partial charge is 0.484 e. The van der Waals surface area contributed by atoms with Gasteiger partial charge in [-0.25, -0.2) is 8.42 Å². The van der Waals surface area contributed by atoms with E-state index in [-0.39, 0.29) is 24.9 Å². The average molecular weight is 474 g/mol. The second-order valence-electron chi connectivity index (χ2n) is 6.65. The fraction of sp³-hybridized carbons (Fsp3) is 0.350. The summed E-state index contributed by atoms with van der Waals surface area (Å²) >= 11 is 5.81. The van der Waals surface area contributed by atoms with Gasteiger partial charge in [0.25, 0.3) is 5.91 Å². The lowest BCUT2D eigenvalue weighted by Gasteiger charge is -2.33. The van der Waals surface area contributed by atoms with Crippen molar-refractivity contribution in [1.82, 2.24) is 14.5 Å². The molecule has 0 bridgehead atoms. The van der Waals surface area contributed by atoms with Crippen LogP contribution in [0, 0.1) is 0 Å². The summed E-state index contributed by atoms with van der Waals surface area (Å²) in [6, 6.07) is 15.3. The van der Waals surface area contributed by atoms with Crippen molar-refractivity contribution in [2.24, 2.45) is 0 Å². The first-order valence-corrected chi connectivity index (χ1v) is 11.2. The second-order valence-corrected chi connectivity index (χ2v) is 9.03. The molecule has 3 rings (SSSR count). The van der Waals surface area contributed by atoms with E-state index < -0.39 is 10.0 Å². The first-order chi connectivity index (χ1) is 13.9. The van der Waals surface area contributed by atoms with Crippen molar-refractivity contribution < 1.29 is 17.9 Å². The van der Waals surface area contributed by atoms with Gasteiger partial charge < -0.3 is 10.1 Å². The van der Waals surface area contributed by atoms with Crippen LogP contribution in [0.25, 0.3) is 0 Å². The molecule has 2 aromatic carbocycles. The minimum absolute atomic E-state index is 0. The Morgan fingerprint density at radius 2 is 1.63 bits per heavy atom. The smallest absolute Gasteiger partial charge is 0.257 e. The standard InChI is InChI=1S/C20H24ClN3O4S.ClH/c21-17-6-8-18(9-7-17)28-16-20(25)22-10-11-23-12-14-24(15-13-23)29(26,27)19-4-2-1-3-5-19;/h1-9H,10-16H2,(H,22,25);1H. The van der Waals surface area contributed by atoms with E-state index in [0.717, 1.165) is 0 Å². The third kappa shape index (κ3) is 6.85. The van der Waals surface area contributed by atoms with E-state index in [1.54, 1.807) is 54.6 Å². The fourth-order valence-electron chi connectivity index (χ4n) is 3.02. The van der Waals surface area contributed by atoms with Gasteiger partial charge in [0.05, 0.1) is 4.90 Å². The van der Waals surface area contributed by atoms with Gasteiger partial charge in [0.1, 0.15) is 5.75 Å². The number of carbonyl (C=O) groups is 1. The minimum Gasteiger partial charge on any atom is -0.484 e. The van der Waals surface area contributed by atoms with Gasteiger partial charge in [-0.15, -0.1) is 12.4 Å². The molecule has 1 fully saturated rings. The lowest BCUT2D eigenvalue weighted by Crippen LogP contribution is -2.50. The van der Waals surface area contributed by atoms with Crippen LogP contribution in [0.2, 0.25) is 5.02 Å². The Kier molecular flexibility index (Phi) is 9.38. The number of piperazine rings is 1. The summed E-state index contributed by atoms with van der Waals surface area (Å²) in [4.78, 5) is 14.4. The van der Waals surface area contributed by atoms with Gasteiger partial charge in [-0.3, -0.25) is 9.69 Å². The van der Waals surface area contributed by atoms with Gasteiger partial charge in [0, 0.05) is 44.3 Å². The number of halogens is 2. The van der Waals surface area contributed by atoms with Gasteiger partial charge in [0.15, 0.2) is 6.61 Å². The number of benzene rings is 2. The van der Waals surface area contributed by atoms with Crippen LogP contribution in [0.1, 0.15) is 0 Å². The van der Waals surface area contributed by atoms with E-state index in [4.69, 9.17) is 16.3 Å². The van der Waals surface area contributed by atoms with Crippen molar-refractivity contribution >= 4 is 39.9 Å². The molecule has 0 aromatic heterocycles. The third-order valence-electron chi connectivity index (χ3n) is 4.65. The first kappa shape index (κ1) is 24.4. The molecule has 1 aliphatic rings. The van der Waals surface area contributed by atoms with E-state index in [9.17, 15) is 13.2 Å². The number of carbonyl (C=O) groups excluding carboxylic acids is 1. The van der Waals surface area contributed by atoms with Crippen LogP contribution < -0.4 is 10.1 Å². The zero-order valence-electron chi connectivity index (χ0n) is 16.4. The summed E-state index contributed by atoms with van der Waals surface area (Å²) in [6.45, 7) is 3.20. The van der Waals surface area contributed by atoms with Crippen LogP contribution >= 0.6 is 24.0 Å². The highest BCUT2D eigenvalue weighted by Gasteiger charge is 2.28. The van der Waals surface area contributed by atoms with Gasteiger partial charge in [-0.05, 0) is 36.4 Å². The molecule has 0 saturated carbocycles. The van der Waals surface area contributed by atoms with Crippen LogP contribution in [0.5, 0.6) is 5.75 Å². The second kappa shape index (κ2) is 11.5. The van der Waals surface area contributed by atoms with Crippen LogP contribution in [0.3, 0.4) is 0 Å². The van der Waals surface area contributed by atoms with Crippen LogP contribution in [0.15, 0.2) is 59.5 Å². The summed E-state index contributed by atoms with van der Waals surface area (Å²) in [6.07, 6.45) is 0. The third-order valence-corrected chi connectivity index (χ3v) is 6.81. The Morgan fingerprint density at radius 1 is 1.00 bits per heavy atom. The average Bonchev–Trinajstić information content (AvgIpc) is 2.74. The Morgan fingerprint density at radius 3 is 2.27 bits per heavy atom. The van der Waals surface area contributed by atoms with Crippen molar-refractivity contribution in [3.63, 3.8) is 0 Å². The number of sulfonamides is 1. The zero-order valence-corrected chi connectivity index (χ0v) is 18.8. The molecule has 2 aromatic rings. The molecule has 0 unspecified atom stereocenters. The monoisotopic (exact) mass is 473 g/mol. The molecule has 1 aliphatic heterocycles. The fourth-order valence-corrected chi connectivity index (χ4v) is 4.59. The highest BCUT2D eigenvalue weighted by Crippen LogP contribution is 2.17. The Hall–Kier alpha value is -1.84. The number of rotatable bonds is 8. The number of amides is 1. The van der Waals surface area contributed by atoms with Gasteiger partial charge in [-0.1, -0.05) is 29.8 Å². The highest BCUT2D eigenvalue weighted by atomic mass is 35.5. The van der Waals surface area contributed by atoms with E-state index in [1.807, 2.05) is 0 Å². The summed E-state index contributed by atoms with van der Waals surface area (Å²) in [5.41, 5.74) is 0. The maximum Gasteiger partial charge on any atom is 0.257 e. The Bertz CT molecular complexity index is 903. The SMILES string of the molecule is Cl.O=C(COc1ccc(Cl)cc1)NCCN1CCN(S(=O)(=O)c2ccccc2)CC1. The number of ether oxygens (including phenoxy) is 1. The molecular weight excluding hydrogens is 449 g/mol. The molecule has 1 N–H and O–H groups in total. The minimum atomic E-state index is -3.44.